The molecular formula is C10H13N. The van der Waals surface area contributed by atoms with Crippen molar-refractivity contribution < 1.29 is 0 Å². The van der Waals surface area contributed by atoms with Crippen molar-refractivity contribution in [3.05, 3.63) is 35.7 Å². The first-order chi connectivity index (χ1) is 5.24. The molecule has 1 aromatic rings. The summed E-state index contributed by atoms with van der Waals surface area (Å²) >= 11 is 0. The molecule has 0 spiro atoms. The number of rotatable bonds is 1. The molecule has 58 valence electrons. The Morgan fingerprint density at radius 1 is 1.45 bits per heavy atom. The summed E-state index contributed by atoms with van der Waals surface area (Å²) < 4.78 is 0. The third-order valence-corrected chi connectivity index (χ3v) is 1.76. The number of aryl methyl sites for hydroxylation is 1. The lowest BCUT2D eigenvalue weighted by Gasteiger charge is -1.99. The predicted molar refractivity (Wildman–Crippen MR) is 48.3 cm³/mol. The molecule has 0 aliphatic carbocycles. The van der Waals surface area contributed by atoms with Crippen LogP contribution in [0.5, 0.6) is 0 Å². The van der Waals surface area contributed by atoms with Gasteiger partial charge in [-0.3, -0.25) is 4.98 Å². The van der Waals surface area contributed by atoms with Gasteiger partial charge in [-0.1, -0.05) is 6.08 Å². The Hall–Kier alpha value is -1.11. The van der Waals surface area contributed by atoms with Crippen LogP contribution in [-0.2, 0) is 0 Å². The standard InChI is InChI=1S/C10H13N/c1-4-9(3)10-5-8(2)6-11-7-10/h4-7H,1-3H3. The van der Waals surface area contributed by atoms with Crippen LogP contribution < -0.4 is 0 Å². The lowest BCUT2D eigenvalue weighted by molar-refractivity contribution is 1.25. The second kappa shape index (κ2) is 3.33. The summed E-state index contributed by atoms with van der Waals surface area (Å²) in [5.74, 6) is 0. The van der Waals surface area contributed by atoms with Crippen molar-refractivity contribution in [3.63, 3.8) is 0 Å². The fourth-order valence-corrected chi connectivity index (χ4v) is 0.937. The lowest BCUT2D eigenvalue weighted by Crippen LogP contribution is -1.83. The van der Waals surface area contributed by atoms with Crippen molar-refractivity contribution in [2.75, 3.05) is 0 Å². The molecule has 0 aromatic carbocycles. The second-order valence-electron chi connectivity index (χ2n) is 2.72. The summed E-state index contributed by atoms with van der Waals surface area (Å²) in [7, 11) is 0. The van der Waals surface area contributed by atoms with E-state index in [0.29, 0.717) is 0 Å². The van der Waals surface area contributed by atoms with E-state index in [2.05, 4.69) is 31.0 Å². The molecule has 1 rings (SSSR count). The molecule has 0 aliphatic rings. The van der Waals surface area contributed by atoms with Gasteiger partial charge in [0.25, 0.3) is 0 Å². The first kappa shape index (κ1) is 7.99. The predicted octanol–water partition coefficient (Wildman–Crippen LogP) is 2.81. The van der Waals surface area contributed by atoms with Gasteiger partial charge in [0.2, 0.25) is 0 Å². The molecular weight excluding hydrogens is 134 g/mol. The van der Waals surface area contributed by atoms with E-state index in [0.717, 1.165) is 0 Å². The van der Waals surface area contributed by atoms with Crippen molar-refractivity contribution in [1.82, 2.24) is 4.98 Å². The topological polar surface area (TPSA) is 12.9 Å². The molecule has 0 atom stereocenters. The maximum atomic E-state index is 4.11. The molecule has 0 radical (unpaired) electrons. The summed E-state index contributed by atoms with van der Waals surface area (Å²) in [5, 5.41) is 0. The third-order valence-electron chi connectivity index (χ3n) is 1.76. The smallest absolute Gasteiger partial charge is 0.0343 e. The van der Waals surface area contributed by atoms with Crippen LogP contribution in [0.1, 0.15) is 25.0 Å². The van der Waals surface area contributed by atoms with Gasteiger partial charge in [-0.2, -0.15) is 0 Å². The fraction of sp³-hybridized carbons (Fsp3) is 0.300. The minimum atomic E-state index is 1.21. The molecule has 11 heavy (non-hydrogen) atoms. The van der Waals surface area contributed by atoms with E-state index >= 15 is 0 Å². The van der Waals surface area contributed by atoms with Gasteiger partial charge < -0.3 is 0 Å². The summed E-state index contributed by atoms with van der Waals surface area (Å²) in [4.78, 5) is 4.11. The van der Waals surface area contributed by atoms with Gasteiger partial charge in [-0.25, -0.2) is 0 Å². The highest BCUT2D eigenvalue weighted by molar-refractivity contribution is 5.62. The van der Waals surface area contributed by atoms with Crippen LogP contribution in [0.15, 0.2) is 24.5 Å². The number of hydrogen-bond acceptors (Lipinski definition) is 1. The average molecular weight is 147 g/mol. The molecule has 0 N–H and O–H groups in total. The van der Waals surface area contributed by atoms with Gasteiger partial charge in [0.1, 0.15) is 0 Å². The van der Waals surface area contributed by atoms with Gasteiger partial charge in [-0.15, -0.1) is 0 Å². The Bertz CT molecular complexity index is 274. The summed E-state index contributed by atoms with van der Waals surface area (Å²) in [6.45, 7) is 6.19. The molecule has 0 saturated heterocycles. The number of aromatic nitrogens is 1. The highest BCUT2D eigenvalue weighted by atomic mass is 14.6. The van der Waals surface area contributed by atoms with Crippen LogP contribution in [0, 0.1) is 6.92 Å². The zero-order chi connectivity index (χ0) is 8.27. The molecule has 0 bridgehead atoms. The summed E-state index contributed by atoms with van der Waals surface area (Å²) in [6, 6.07) is 2.14. The van der Waals surface area contributed by atoms with Gasteiger partial charge in [-0.05, 0) is 43.5 Å². The van der Waals surface area contributed by atoms with Crippen LogP contribution in [-0.4, -0.2) is 4.98 Å². The van der Waals surface area contributed by atoms with Crippen molar-refractivity contribution in [1.29, 1.82) is 0 Å². The van der Waals surface area contributed by atoms with Crippen molar-refractivity contribution in [2.45, 2.75) is 20.8 Å². The Morgan fingerprint density at radius 2 is 2.18 bits per heavy atom. The van der Waals surface area contributed by atoms with Crippen LogP contribution in [0.3, 0.4) is 0 Å². The maximum Gasteiger partial charge on any atom is 0.0343 e. The molecule has 1 nitrogen and oxygen atoms in total. The van der Waals surface area contributed by atoms with Crippen LogP contribution in [0.2, 0.25) is 0 Å². The fourth-order valence-electron chi connectivity index (χ4n) is 0.937. The van der Waals surface area contributed by atoms with Gasteiger partial charge in [0.05, 0.1) is 0 Å². The van der Waals surface area contributed by atoms with Crippen LogP contribution in [0.4, 0.5) is 0 Å². The van der Waals surface area contributed by atoms with Gasteiger partial charge in [0.15, 0.2) is 0 Å². The first-order valence-corrected chi connectivity index (χ1v) is 3.79. The lowest BCUT2D eigenvalue weighted by atomic mass is 10.1. The molecule has 1 heteroatoms. The highest BCUT2D eigenvalue weighted by Gasteiger charge is 1.93. The zero-order valence-electron chi connectivity index (χ0n) is 7.26. The van der Waals surface area contributed by atoms with E-state index in [1.54, 1.807) is 0 Å². The minimum absolute atomic E-state index is 1.21. The van der Waals surface area contributed by atoms with E-state index < -0.39 is 0 Å². The SMILES string of the molecule is CC=C(C)c1cncc(C)c1. The maximum absolute atomic E-state index is 4.11. The molecule has 1 aromatic heterocycles. The summed E-state index contributed by atoms with van der Waals surface area (Å²) in [5.41, 5.74) is 3.71. The summed E-state index contributed by atoms with van der Waals surface area (Å²) in [6.07, 6.45) is 5.85. The van der Waals surface area contributed by atoms with Gasteiger partial charge >= 0.3 is 0 Å². The Labute approximate surface area is 67.8 Å². The van der Waals surface area contributed by atoms with Crippen LogP contribution >= 0.6 is 0 Å². The van der Waals surface area contributed by atoms with E-state index in [4.69, 9.17) is 0 Å². The molecule has 0 unspecified atom stereocenters. The number of nitrogens with zero attached hydrogens (tertiary/aromatic N) is 1. The van der Waals surface area contributed by atoms with Crippen molar-refractivity contribution in [3.8, 4) is 0 Å². The van der Waals surface area contributed by atoms with E-state index in [1.807, 2.05) is 19.3 Å². The zero-order valence-corrected chi connectivity index (χ0v) is 7.26. The van der Waals surface area contributed by atoms with Gasteiger partial charge in [0, 0.05) is 12.4 Å². The average Bonchev–Trinajstić information content (AvgIpc) is 2.03. The van der Waals surface area contributed by atoms with E-state index in [1.165, 1.54) is 16.7 Å². The van der Waals surface area contributed by atoms with Crippen molar-refractivity contribution in [2.24, 2.45) is 0 Å². The van der Waals surface area contributed by atoms with E-state index in [9.17, 15) is 0 Å². The molecule has 0 amide bonds. The second-order valence-corrected chi connectivity index (χ2v) is 2.72. The minimum Gasteiger partial charge on any atom is -0.264 e. The quantitative estimate of drug-likeness (QED) is 0.595. The molecule has 1 heterocycles. The van der Waals surface area contributed by atoms with E-state index in [-0.39, 0.29) is 0 Å². The normalized spacial score (nSPS) is 11.7. The number of hydrogen-bond donors (Lipinski definition) is 0. The number of allylic oxidation sites excluding steroid dienone is 2. The Balaban J connectivity index is 3.06. The third kappa shape index (κ3) is 1.90. The molecule has 0 aliphatic heterocycles. The largest absolute Gasteiger partial charge is 0.264 e. The highest BCUT2D eigenvalue weighted by Crippen LogP contribution is 2.12. The Morgan fingerprint density at radius 3 is 2.73 bits per heavy atom. The van der Waals surface area contributed by atoms with Crippen LogP contribution in [0.25, 0.3) is 5.57 Å². The monoisotopic (exact) mass is 147 g/mol. The Kier molecular flexibility index (Phi) is 2.42. The number of pyridine rings is 1. The molecule has 0 saturated carbocycles. The first-order valence-electron chi connectivity index (χ1n) is 3.79. The van der Waals surface area contributed by atoms with Crippen molar-refractivity contribution >= 4 is 5.57 Å². The molecule has 0 fully saturated rings.